The second-order valence-electron chi connectivity index (χ2n) is 2.38. The van der Waals surface area contributed by atoms with Gasteiger partial charge in [0.15, 0.2) is 0 Å². The summed E-state index contributed by atoms with van der Waals surface area (Å²) in [6.45, 7) is 0. The van der Waals surface area contributed by atoms with Crippen molar-refractivity contribution < 1.29 is 18.9 Å². The van der Waals surface area contributed by atoms with E-state index in [9.17, 15) is 5.21 Å². The lowest BCUT2D eigenvalue weighted by Gasteiger charge is -2.11. The molecule has 0 amide bonds. The van der Waals surface area contributed by atoms with Gasteiger partial charge in [0, 0.05) is 0 Å². The zero-order chi connectivity index (χ0) is 10.7. The molecule has 0 fully saturated rings. The average Bonchev–Trinajstić information content (AvgIpc) is 2.20. The Morgan fingerprint density at radius 3 is 2.14 bits per heavy atom. The molecule has 0 spiro atoms. The van der Waals surface area contributed by atoms with Gasteiger partial charge in [-0.25, -0.2) is 0 Å². The predicted octanol–water partition coefficient (Wildman–Crippen LogP) is 0.999. The van der Waals surface area contributed by atoms with E-state index >= 15 is 0 Å². The van der Waals surface area contributed by atoms with Crippen LogP contribution < -0.4 is 18.9 Å². The molecule has 1 aromatic rings. The Morgan fingerprint density at radius 2 is 1.71 bits per heavy atom. The highest BCUT2D eigenvalue weighted by Gasteiger charge is 2.23. The summed E-state index contributed by atoms with van der Waals surface area (Å²) < 4.78 is 15.3. The van der Waals surface area contributed by atoms with E-state index in [2.05, 4.69) is 0 Å². The van der Waals surface area contributed by atoms with Gasteiger partial charge in [-0.1, -0.05) is 0 Å². The summed E-state index contributed by atoms with van der Waals surface area (Å²) in [6, 6.07) is 0. The molecule has 78 valence electrons. The first-order valence-corrected chi connectivity index (χ1v) is 4.11. The smallest absolute Gasteiger partial charge is 0.333 e. The number of pyridine rings is 1. The molecule has 0 atom stereocenters. The van der Waals surface area contributed by atoms with Crippen LogP contribution >= 0.6 is 11.6 Å². The standard InChI is InChI=1S/C8H10ClNO4/c1-12-5-4-10(11)8(9)7(14-3)6(5)13-2/h4H,1-3H3. The number of hydrogen-bond donors (Lipinski definition) is 0. The monoisotopic (exact) mass is 219 g/mol. The quantitative estimate of drug-likeness (QED) is 0.432. The van der Waals surface area contributed by atoms with E-state index in [1.54, 1.807) is 0 Å². The molecule has 0 saturated carbocycles. The van der Waals surface area contributed by atoms with Crippen molar-refractivity contribution in [3.63, 3.8) is 0 Å². The lowest BCUT2D eigenvalue weighted by atomic mass is 10.4. The normalized spacial score (nSPS) is 9.71. The maximum absolute atomic E-state index is 11.2. The van der Waals surface area contributed by atoms with Crippen molar-refractivity contribution in [3.8, 4) is 17.2 Å². The minimum Gasteiger partial charge on any atom is -0.617 e. The molecule has 6 heteroatoms. The molecule has 1 rings (SSSR count). The number of methoxy groups -OCH3 is 3. The Balaban J connectivity index is 3.42. The molecule has 14 heavy (non-hydrogen) atoms. The van der Waals surface area contributed by atoms with E-state index in [1.165, 1.54) is 27.5 Å². The fraction of sp³-hybridized carbons (Fsp3) is 0.375. The van der Waals surface area contributed by atoms with Crippen molar-refractivity contribution in [1.29, 1.82) is 0 Å². The number of rotatable bonds is 3. The van der Waals surface area contributed by atoms with Gasteiger partial charge in [0.2, 0.25) is 17.7 Å². The summed E-state index contributed by atoms with van der Waals surface area (Å²) in [4.78, 5) is 0. The minimum absolute atomic E-state index is 0.0925. The van der Waals surface area contributed by atoms with Crippen LogP contribution in [0, 0.1) is 5.21 Å². The second kappa shape index (κ2) is 4.23. The maximum Gasteiger partial charge on any atom is 0.333 e. The molecule has 0 aliphatic rings. The van der Waals surface area contributed by atoms with Gasteiger partial charge in [-0.05, 0) is 11.6 Å². The molecule has 1 heterocycles. The van der Waals surface area contributed by atoms with Crippen LogP contribution in [0.25, 0.3) is 0 Å². The molecular weight excluding hydrogens is 210 g/mol. The largest absolute Gasteiger partial charge is 0.617 e. The van der Waals surface area contributed by atoms with Crippen molar-refractivity contribution in [3.05, 3.63) is 16.6 Å². The molecular formula is C8H10ClNO4. The maximum atomic E-state index is 11.2. The first kappa shape index (κ1) is 10.7. The Bertz CT molecular complexity index is 343. The summed E-state index contributed by atoms with van der Waals surface area (Å²) in [5.74, 6) is 0.722. The molecule has 5 nitrogen and oxygen atoms in total. The highest BCUT2D eigenvalue weighted by Crippen LogP contribution is 2.39. The zero-order valence-corrected chi connectivity index (χ0v) is 8.79. The van der Waals surface area contributed by atoms with Crippen LogP contribution in [0.3, 0.4) is 0 Å². The summed E-state index contributed by atoms with van der Waals surface area (Å²) in [7, 11) is 4.25. The Morgan fingerprint density at radius 1 is 1.14 bits per heavy atom. The summed E-state index contributed by atoms with van der Waals surface area (Å²) >= 11 is 5.70. The molecule has 0 aliphatic carbocycles. The molecule has 1 aromatic heterocycles. The molecule has 0 aromatic carbocycles. The number of halogens is 1. The van der Waals surface area contributed by atoms with Crippen LogP contribution in [0.2, 0.25) is 5.15 Å². The van der Waals surface area contributed by atoms with E-state index in [0.717, 1.165) is 0 Å². The fourth-order valence-electron chi connectivity index (χ4n) is 1.04. The van der Waals surface area contributed by atoms with Crippen LogP contribution in [-0.2, 0) is 0 Å². The molecule has 0 N–H and O–H groups in total. The van der Waals surface area contributed by atoms with Gasteiger partial charge in [-0.3, -0.25) is 0 Å². The molecule has 0 saturated heterocycles. The average molecular weight is 220 g/mol. The molecule has 0 radical (unpaired) electrons. The SMILES string of the molecule is COc1c[n+]([O-])c(Cl)c(OC)c1OC. The third-order valence-electron chi connectivity index (χ3n) is 1.67. The van der Waals surface area contributed by atoms with Crippen LogP contribution in [-0.4, -0.2) is 21.3 Å². The van der Waals surface area contributed by atoms with E-state index in [4.69, 9.17) is 25.8 Å². The lowest BCUT2D eigenvalue weighted by Crippen LogP contribution is -2.27. The third-order valence-corrected chi connectivity index (χ3v) is 2.01. The van der Waals surface area contributed by atoms with Gasteiger partial charge >= 0.3 is 5.15 Å². The van der Waals surface area contributed by atoms with E-state index < -0.39 is 0 Å². The van der Waals surface area contributed by atoms with Crippen LogP contribution in [0.4, 0.5) is 0 Å². The number of hydrogen-bond acceptors (Lipinski definition) is 4. The van der Waals surface area contributed by atoms with Crippen molar-refractivity contribution in [2.45, 2.75) is 0 Å². The summed E-state index contributed by atoms with van der Waals surface area (Å²) in [6.07, 6.45) is 1.17. The molecule has 0 bridgehead atoms. The van der Waals surface area contributed by atoms with Crippen LogP contribution in [0.5, 0.6) is 17.2 Å². The lowest BCUT2D eigenvalue weighted by molar-refractivity contribution is -0.603. The van der Waals surface area contributed by atoms with Crippen molar-refractivity contribution in [2.24, 2.45) is 0 Å². The van der Waals surface area contributed by atoms with Gasteiger partial charge in [0.05, 0.1) is 21.3 Å². The minimum atomic E-state index is -0.0925. The zero-order valence-electron chi connectivity index (χ0n) is 8.04. The van der Waals surface area contributed by atoms with Gasteiger partial charge in [0.1, 0.15) is 0 Å². The third kappa shape index (κ3) is 1.63. The Kier molecular flexibility index (Phi) is 3.24. The van der Waals surface area contributed by atoms with Gasteiger partial charge in [0.25, 0.3) is 5.75 Å². The highest BCUT2D eigenvalue weighted by atomic mass is 35.5. The molecule has 0 unspecified atom stereocenters. The van der Waals surface area contributed by atoms with Gasteiger partial charge < -0.3 is 19.4 Å². The van der Waals surface area contributed by atoms with Crippen molar-refractivity contribution in [2.75, 3.05) is 21.3 Å². The summed E-state index contributed by atoms with van der Waals surface area (Å²) in [5, 5.41) is 11.1. The van der Waals surface area contributed by atoms with Crippen LogP contribution in [0.1, 0.15) is 0 Å². The van der Waals surface area contributed by atoms with Gasteiger partial charge in [-0.15, -0.1) is 0 Å². The first-order chi connectivity index (χ1) is 6.65. The second-order valence-corrected chi connectivity index (χ2v) is 2.74. The van der Waals surface area contributed by atoms with E-state index in [1.807, 2.05) is 0 Å². The number of nitrogens with zero attached hydrogens (tertiary/aromatic N) is 1. The van der Waals surface area contributed by atoms with Crippen molar-refractivity contribution in [1.82, 2.24) is 0 Å². The first-order valence-electron chi connectivity index (χ1n) is 3.73. The van der Waals surface area contributed by atoms with Gasteiger partial charge in [-0.2, -0.15) is 4.73 Å². The highest BCUT2D eigenvalue weighted by molar-refractivity contribution is 6.30. The topological polar surface area (TPSA) is 54.6 Å². The fourth-order valence-corrected chi connectivity index (χ4v) is 1.25. The summed E-state index contributed by atoms with van der Waals surface area (Å²) in [5.41, 5.74) is 0. The predicted molar refractivity (Wildman–Crippen MR) is 50.1 cm³/mol. The Hall–Kier alpha value is -1.36. The molecule has 0 aliphatic heterocycles. The van der Waals surface area contributed by atoms with Crippen LogP contribution in [0.15, 0.2) is 6.20 Å². The number of ether oxygens (including phenoxy) is 3. The van der Waals surface area contributed by atoms with Crippen molar-refractivity contribution >= 4 is 11.6 Å². The Labute approximate surface area is 86.3 Å². The van der Waals surface area contributed by atoms with E-state index in [-0.39, 0.29) is 16.7 Å². The van der Waals surface area contributed by atoms with E-state index in [0.29, 0.717) is 10.5 Å². The number of aromatic nitrogens is 1.